The Bertz CT molecular complexity index is 993. The largest absolute Gasteiger partial charge is 0.356 e. The molecule has 3 amide bonds. The van der Waals surface area contributed by atoms with Crippen LogP contribution in [0.15, 0.2) is 41.1 Å². The molecule has 0 saturated carbocycles. The molecule has 3 N–H and O–H groups in total. The molecule has 1 aliphatic rings. The van der Waals surface area contributed by atoms with E-state index in [0.29, 0.717) is 17.1 Å². The first kappa shape index (κ1) is 16.3. The zero-order valence-electron chi connectivity index (χ0n) is 14.0. The van der Waals surface area contributed by atoms with Gasteiger partial charge in [0.1, 0.15) is 5.00 Å². The van der Waals surface area contributed by atoms with E-state index in [2.05, 4.69) is 10.5 Å². The minimum atomic E-state index is -0.786. The van der Waals surface area contributed by atoms with Crippen LogP contribution in [0.25, 0.3) is 11.3 Å². The molecule has 0 radical (unpaired) electrons. The molecular formula is C18H16N4O3S. The number of anilines is 2. The summed E-state index contributed by atoms with van der Waals surface area (Å²) in [7, 11) is 1.38. The van der Waals surface area contributed by atoms with Gasteiger partial charge in [-0.25, -0.2) is 4.79 Å². The lowest BCUT2D eigenvalue weighted by Gasteiger charge is -2.15. The molecule has 8 heteroatoms. The highest BCUT2D eigenvalue weighted by atomic mass is 32.1. The normalized spacial score (nSPS) is 12.2. The number of carbonyl (C=O) groups is 2. The maximum atomic E-state index is 12.7. The van der Waals surface area contributed by atoms with Gasteiger partial charge in [0.2, 0.25) is 0 Å². The average molecular weight is 368 g/mol. The Morgan fingerprint density at radius 3 is 2.77 bits per heavy atom. The number of imide groups is 1. The number of aryl methyl sites for hydroxylation is 1. The van der Waals surface area contributed by atoms with Gasteiger partial charge in [0.15, 0.2) is 5.76 Å². The number of amides is 3. The Labute approximate surface area is 153 Å². The van der Waals surface area contributed by atoms with Crippen molar-refractivity contribution in [2.45, 2.75) is 12.8 Å². The Morgan fingerprint density at radius 1 is 1.27 bits per heavy atom. The number of para-hydroxylation sites is 1. The van der Waals surface area contributed by atoms with Crippen LogP contribution in [0.4, 0.5) is 15.5 Å². The van der Waals surface area contributed by atoms with E-state index in [4.69, 9.17) is 10.3 Å². The van der Waals surface area contributed by atoms with Crippen LogP contribution in [0.5, 0.6) is 0 Å². The number of hydrogen-bond donors (Lipinski definition) is 2. The maximum Gasteiger partial charge on any atom is 0.321 e. The van der Waals surface area contributed by atoms with E-state index in [-0.39, 0.29) is 0 Å². The zero-order chi connectivity index (χ0) is 18.3. The van der Waals surface area contributed by atoms with Gasteiger partial charge >= 0.3 is 6.03 Å². The molecule has 1 aromatic carbocycles. The third-order valence-corrected chi connectivity index (χ3v) is 5.52. The number of fused-ring (bicyclic) bond motifs is 3. The van der Waals surface area contributed by atoms with Crippen LogP contribution in [-0.2, 0) is 12.8 Å². The first-order valence-corrected chi connectivity index (χ1v) is 8.87. The van der Waals surface area contributed by atoms with E-state index in [1.54, 1.807) is 6.20 Å². The number of benzene rings is 1. The van der Waals surface area contributed by atoms with Crippen molar-refractivity contribution in [2.24, 2.45) is 5.73 Å². The Hall–Kier alpha value is -3.13. The predicted molar refractivity (Wildman–Crippen MR) is 98.6 cm³/mol. The van der Waals surface area contributed by atoms with Gasteiger partial charge in [0.25, 0.3) is 5.91 Å². The van der Waals surface area contributed by atoms with Crippen LogP contribution < -0.4 is 11.1 Å². The summed E-state index contributed by atoms with van der Waals surface area (Å²) in [6.45, 7) is 0. The standard InChI is InChI=1S/C18H16N4O3S/c1-22(18(19)24)17(23)15-12-8-7-10-9-20-25-14(10)13(12)16(26-15)21-11-5-3-2-4-6-11/h2-6,9,21H,7-8H2,1H3,(H2,19,24). The Kier molecular flexibility index (Phi) is 3.96. The lowest BCUT2D eigenvalue weighted by molar-refractivity contribution is 0.0841. The van der Waals surface area contributed by atoms with Crippen LogP contribution in [-0.4, -0.2) is 29.0 Å². The second-order valence-corrected chi connectivity index (χ2v) is 7.01. The smallest absolute Gasteiger partial charge is 0.321 e. The van der Waals surface area contributed by atoms with Crippen molar-refractivity contribution < 1.29 is 14.1 Å². The fourth-order valence-corrected chi connectivity index (χ4v) is 4.26. The van der Waals surface area contributed by atoms with Crippen LogP contribution in [0, 0.1) is 0 Å². The van der Waals surface area contributed by atoms with Crippen molar-refractivity contribution in [3.8, 4) is 11.3 Å². The first-order valence-electron chi connectivity index (χ1n) is 8.05. The number of nitrogens with two attached hydrogens (primary N) is 1. The third kappa shape index (κ3) is 2.64. The molecular weight excluding hydrogens is 352 g/mol. The van der Waals surface area contributed by atoms with E-state index < -0.39 is 11.9 Å². The third-order valence-electron chi connectivity index (χ3n) is 4.38. The molecule has 0 bridgehead atoms. The molecule has 0 aliphatic heterocycles. The van der Waals surface area contributed by atoms with Crippen LogP contribution in [0.3, 0.4) is 0 Å². The highest BCUT2D eigenvalue weighted by molar-refractivity contribution is 7.19. The number of nitrogens with zero attached hydrogens (tertiary/aromatic N) is 2. The van der Waals surface area contributed by atoms with Gasteiger partial charge in [-0.1, -0.05) is 23.4 Å². The molecule has 1 aliphatic carbocycles. The number of carbonyl (C=O) groups excluding carboxylic acids is 2. The van der Waals surface area contributed by atoms with Crippen molar-refractivity contribution in [1.29, 1.82) is 0 Å². The second-order valence-electron chi connectivity index (χ2n) is 5.99. The number of aromatic nitrogens is 1. The molecule has 26 heavy (non-hydrogen) atoms. The van der Waals surface area contributed by atoms with E-state index in [9.17, 15) is 9.59 Å². The average Bonchev–Trinajstić information content (AvgIpc) is 3.25. The zero-order valence-corrected chi connectivity index (χ0v) is 14.8. The quantitative estimate of drug-likeness (QED) is 0.738. The fourth-order valence-electron chi connectivity index (χ4n) is 3.01. The van der Waals surface area contributed by atoms with Crippen LogP contribution in [0.1, 0.15) is 20.8 Å². The molecule has 0 atom stereocenters. The van der Waals surface area contributed by atoms with Crippen molar-refractivity contribution in [3.05, 3.63) is 52.5 Å². The molecule has 3 aromatic rings. The molecule has 0 spiro atoms. The number of urea groups is 1. The van der Waals surface area contributed by atoms with Gasteiger partial charge in [-0.3, -0.25) is 9.69 Å². The molecule has 7 nitrogen and oxygen atoms in total. The highest BCUT2D eigenvalue weighted by Crippen LogP contribution is 2.47. The summed E-state index contributed by atoms with van der Waals surface area (Å²) >= 11 is 1.29. The molecule has 2 heterocycles. The van der Waals surface area contributed by atoms with Gasteiger partial charge in [-0.2, -0.15) is 0 Å². The number of rotatable bonds is 3. The van der Waals surface area contributed by atoms with E-state index in [1.165, 1.54) is 18.4 Å². The van der Waals surface area contributed by atoms with Gasteiger partial charge in [-0.05, 0) is 30.5 Å². The SMILES string of the molecule is CN(C(N)=O)C(=O)c1sc(Nc2ccccc2)c2c1CCc1cnoc1-2. The maximum absolute atomic E-state index is 12.7. The second kappa shape index (κ2) is 6.30. The highest BCUT2D eigenvalue weighted by Gasteiger charge is 2.32. The minimum absolute atomic E-state index is 0.414. The fraction of sp³-hybridized carbons (Fsp3) is 0.167. The van der Waals surface area contributed by atoms with E-state index in [1.807, 2.05) is 30.3 Å². The molecule has 0 unspecified atom stereocenters. The van der Waals surface area contributed by atoms with Crippen molar-refractivity contribution in [1.82, 2.24) is 10.1 Å². The molecule has 0 fully saturated rings. The summed E-state index contributed by atoms with van der Waals surface area (Å²) in [5.41, 5.74) is 8.86. The molecule has 4 rings (SSSR count). The summed E-state index contributed by atoms with van der Waals surface area (Å²) in [4.78, 5) is 25.6. The Balaban J connectivity index is 1.84. The lowest BCUT2D eigenvalue weighted by Crippen LogP contribution is -2.37. The number of thiophene rings is 1. The number of primary amides is 1. The van der Waals surface area contributed by atoms with E-state index in [0.717, 1.165) is 38.7 Å². The first-order chi connectivity index (χ1) is 12.6. The summed E-state index contributed by atoms with van der Waals surface area (Å²) < 4.78 is 5.46. The summed E-state index contributed by atoms with van der Waals surface area (Å²) in [5.74, 6) is 0.254. The van der Waals surface area contributed by atoms with Gasteiger partial charge in [0.05, 0.1) is 16.6 Å². The van der Waals surface area contributed by atoms with Gasteiger partial charge in [-0.15, -0.1) is 11.3 Å². The molecule has 0 saturated heterocycles. The topological polar surface area (TPSA) is 101 Å². The number of nitrogens with one attached hydrogen (secondary N) is 1. The van der Waals surface area contributed by atoms with Gasteiger partial charge in [0, 0.05) is 18.3 Å². The van der Waals surface area contributed by atoms with Crippen molar-refractivity contribution in [3.63, 3.8) is 0 Å². The van der Waals surface area contributed by atoms with Crippen LogP contribution in [0.2, 0.25) is 0 Å². The lowest BCUT2D eigenvalue weighted by atomic mass is 9.92. The monoisotopic (exact) mass is 368 g/mol. The van der Waals surface area contributed by atoms with Crippen LogP contribution >= 0.6 is 11.3 Å². The van der Waals surface area contributed by atoms with E-state index >= 15 is 0 Å². The van der Waals surface area contributed by atoms with Crippen molar-refractivity contribution >= 4 is 34.0 Å². The number of hydrogen-bond acceptors (Lipinski definition) is 6. The summed E-state index contributed by atoms with van der Waals surface area (Å²) in [5, 5.41) is 8.03. The van der Waals surface area contributed by atoms with Crippen molar-refractivity contribution in [2.75, 3.05) is 12.4 Å². The summed E-state index contributed by atoms with van der Waals surface area (Å²) in [6, 6.07) is 8.87. The molecule has 2 aromatic heterocycles. The summed E-state index contributed by atoms with van der Waals surface area (Å²) in [6.07, 6.45) is 3.11. The minimum Gasteiger partial charge on any atom is -0.356 e. The predicted octanol–water partition coefficient (Wildman–Crippen LogP) is 3.40. The Morgan fingerprint density at radius 2 is 2.04 bits per heavy atom. The molecule has 132 valence electrons. The van der Waals surface area contributed by atoms with Gasteiger partial charge < -0.3 is 15.6 Å².